The SMILES string of the molecule is CCOc1cccc(C(C)N2CC(CS)CC2=O)c1. The Balaban J connectivity index is 2.13. The number of thiol groups is 1. The molecule has 1 fully saturated rings. The van der Waals surface area contributed by atoms with Crippen molar-refractivity contribution in [3.8, 4) is 5.75 Å². The van der Waals surface area contributed by atoms with E-state index in [0.29, 0.717) is 18.9 Å². The van der Waals surface area contributed by atoms with Gasteiger partial charge < -0.3 is 9.64 Å². The quantitative estimate of drug-likeness (QED) is 0.840. The van der Waals surface area contributed by atoms with Crippen molar-refractivity contribution in [3.63, 3.8) is 0 Å². The van der Waals surface area contributed by atoms with Crippen molar-refractivity contribution >= 4 is 18.5 Å². The number of likely N-dealkylation sites (tertiary alicyclic amines) is 1. The number of hydrogen-bond acceptors (Lipinski definition) is 3. The van der Waals surface area contributed by atoms with Crippen LogP contribution in [0.4, 0.5) is 0 Å². The molecule has 1 saturated heterocycles. The van der Waals surface area contributed by atoms with Gasteiger partial charge >= 0.3 is 0 Å². The molecule has 0 bridgehead atoms. The average molecular weight is 279 g/mol. The maximum absolute atomic E-state index is 12.0. The van der Waals surface area contributed by atoms with E-state index in [2.05, 4.69) is 25.6 Å². The molecule has 0 aromatic heterocycles. The van der Waals surface area contributed by atoms with Crippen LogP contribution in [-0.4, -0.2) is 29.7 Å². The molecule has 2 rings (SSSR count). The molecule has 0 radical (unpaired) electrons. The summed E-state index contributed by atoms with van der Waals surface area (Å²) in [5, 5.41) is 0. The molecular weight excluding hydrogens is 258 g/mol. The van der Waals surface area contributed by atoms with Crippen LogP contribution >= 0.6 is 12.6 Å². The molecule has 19 heavy (non-hydrogen) atoms. The van der Waals surface area contributed by atoms with Gasteiger partial charge in [-0.3, -0.25) is 4.79 Å². The highest BCUT2D eigenvalue weighted by atomic mass is 32.1. The van der Waals surface area contributed by atoms with E-state index < -0.39 is 0 Å². The Kier molecular flexibility index (Phi) is 4.75. The first-order valence-electron chi connectivity index (χ1n) is 6.78. The molecule has 0 aliphatic carbocycles. The fourth-order valence-electron chi connectivity index (χ4n) is 2.52. The second kappa shape index (κ2) is 6.33. The highest BCUT2D eigenvalue weighted by Gasteiger charge is 2.32. The Hall–Kier alpha value is -1.16. The topological polar surface area (TPSA) is 29.5 Å². The van der Waals surface area contributed by atoms with E-state index in [1.165, 1.54) is 0 Å². The molecule has 0 spiro atoms. The molecule has 1 aliphatic rings. The molecule has 1 aliphatic heterocycles. The third-order valence-corrected chi connectivity index (χ3v) is 4.13. The Morgan fingerprint density at radius 3 is 2.95 bits per heavy atom. The van der Waals surface area contributed by atoms with Gasteiger partial charge in [0.2, 0.25) is 5.91 Å². The molecule has 1 aromatic rings. The summed E-state index contributed by atoms with van der Waals surface area (Å²) < 4.78 is 5.51. The monoisotopic (exact) mass is 279 g/mol. The molecule has 1 aromatic carbocycles. The predicted octanol–water partition coefficient (Wildman–Crippen LogP) is 2.92. The Bertz CT molecular complexity index is 450. The smallest absolute Gasteiger partial charge is 0.223 e. The lowest BCUT2D eigenvalue weighted by Crippen LogP contribution is -2.28. The van der Waals surface area contributed by atoms with Crippen molar-refractivity contribution in [2.24, 2.45) is 5.92 Å². The van der Waals surface area contributed by atoms with Gasteiger partial charge in [0, 0.05) is 13.0 Å². The Morgan fingerprint density at radius 2 is 2.32 bits per heavy atom. The van der Waals surface area contributed by atoms with Crippen LogP contribution in [0, 0.1) is 5.92 Å². The molecule has 0 N–H and O–H groups in total. The number of carbonyl (C=O) groups excluding carboxylic acids is 1. The number of rotatable bonds is 5. The molecule has 2 atom stereocenters. The summed E-state index contributed by atoms with van der Waals surface area (Å²) in [4.78, 5) is 14.0. The lowest BCUT2D eigenvalue weighted by molar-refractivity contribution is -0.129. The first-order chi connectivity index (χ1) is 9.15. The van der Waals surface area contributed by atoms with Gasteiger partial charge in [0.15, 0.2) is 0 Å². The molecule has 4 heteroatoms. The Labute approximate surface area is 120 Å². The minimum Gasteiger partial charge on any atom is -0.494 e. The van der Waals surface area contributed by atoms with Gasteiger partial charge in [0.25, 0.3) is 0 Å². The number of ether oxygens (including phenoxy) is 1. The van der Waals surface area contributed by atoms with E-state index in [4.69, 9.17) is 4.74 Å². The number of nitrogens with zero attached hydrogens (tertiary/aromatic N) is 1. The first-order valence-corrected chi connectivity index (χ1v) is 7.42. The molecule has 1 heterocycles. The maximum Gasteiger partial charge on any atom is 0.223 e. The summed E-state index contributed by atoms with van der Waals surface area (Å²) in [5.41, 5.74) is 1.12. The van der Waals surface area contributed by atoms with Crippen LogP contribution in [0.2, 0.25) is 0 Å². The number of benzene rings is 1. The van der Waals surface area contributed by atoms with Crippen LogP contribution in [0.3, 0.4) is 0 Å². The van der Waals surface area contributed by atoms with Gasteiger partial charge in [-0.25, -0.2) is 0 Å². The van der Waals surface area contributed by atoms with E-state index in [1.807, 2.05) is 30.0 Å². The van der Waals surface area contributed by atoms with Gasteiger partial charge in [0.05, 0.1) is 12.6 Å². The second-order valence-corrected chi connectivity index (χ2v) is 5.35. The molecule has 104 valence electrons. The zero-order valence-corrected chi connectivity index (χ0v) is 12.4. The molecular formula is C15H21NO2S. The number of carbonyl (C=O) groups is 1. The predicted molar refractivity (Wildman–Crippen MR) is 79.7 cm³/mol. The molecule has 0 saturated carbocycles. The summed E-state index contributed by atoms with van der Waals surface area (Å²) >= 11 is 4.30. The standard InChI is InChI=1S/C15H21NO2S/c1-3-18-14-6-4-5-13(8-14)11(2)16-9-12(10-19)7-15(16)17/h4-6,8,11-12,19H,3,7,9-10H2,1-2H3. The maximum atomic E-state index is 12.0. The van der Waals surface area contributed by atoms with Crippen LogP contribution in [0.25, 0.3) is 0 Å². The van der Waals surface area contributed by atoms with Crippen LogP contribution < -0.4 is 4.74 Å². The number of amides is 1. The van der Waals surface area contributed by atoms with Gasteiger partial charge in [-0.1, -0.05) is 12.1 Å². The van der Waals surface area contributed by atoms with Gasteiger partial charge in [-0.2, -0.15) is 12.6 Å². The van der Waals surface area contributed by atoms with Crippen molar-refractivity contribution in [2.45, 2.75) is 26.3 Å². The van der Waals surface area contributed by atoms with Crippen molar-refractivity contribution in [1.82, 2.24) is 4.90 Å². The van der Waals surface area contributed by atoms with Gasteiger partial charge in [0.1, 0.15) is 5.75 Å². The lowest BCUT2D eigenvalue weighted by atomic mass is 10.1. The van der Waals surface area contributed by atoms with Crippen LogP contribution in [0.15, 0.2) is 24.3 Å². The largest absolute Gasteiger partial charge is 0.494 e. The van der Waals surface area contributed by atoms with Crippen molar-refractivity contribution < 1.29 is 9.53 Å². The lowest BCUT2D eigenvalue weighted by Gasteiger charge is -2.25. The summed E-state index contributed by atoms with van der Waals surface area (Å²) in [5.74, 6) is 2.25. The average Bonchev–Trinajstić information content (AvgIpc) is 2.80. The van der Waals surface area contributed by atoms with E-state index in [9.17, 15) is 4.79 Å². The second-order valence-electron chi connectivity index (χ2n) is 4.98. The minimum absolute atomic E-state index is 0.0952. The van der Waals surface area contributed by atoms with Crippen LogP contribution in [-0.2, 0) is 4.79 Å². The fraction of sp³-hybridized carbons (Fsp3) is 0.533. The summed E-state index contributed by atoms with van der Waals surface area (Å²) in [6, 6.07) is 8.09. The first kappa shape index (κ1) is 14.3. The fourth-order valence-corrected chi connectivity index (χ4v) is 2.76. The van der Waals surface area contributed by atoms with Gasteiger partial charge in [-0.05, 0) is 43.2 Å². The third kappa shape index (κ3) is 3.24. The summed E-state index contributed by atoms with van der Waals surface area (Å²) in [6.07, 6.45) is 0.624. The molecule has 2 unspecified atom stereocenters. The van der Waals surface area contributed by atoms with E-state index in [0.717, 1.165) is 23.6 Å². The molecule has 1 amide bonds. The Morgan fingerprint density at radius 1 is 1.53 bits per heavy atom. The number of hydrogen-bond donors (Lipinski definition) is 1. The highest BCUT2D eigenvalue weighted by molar-refractivity contribution is 7.80. The zero-order valence-electron chi connectivity index (χ0n) is 11.5. The summed E-state index contributed by atoms with van der Waals surface area (Å²) in [6.45, 7) is 5.51. The van der Waals surface area contributed by atoms with Crippen molar-refractivity contribution in [3.05, 3.63) is 29.8 Å². The van der Waals surface area contributed by atoms with Crippen LogP contribution in [0.1, 0.15) is 31.9 Å². The molecule has 3 nitrogen and oxygen atoms in total. The third-order valence-electron chi connectivity index (χ3n) is 3.62. The highest BCUT2D eigenvalue weighted by Crippen LogP contribution is 2.30. The van der Waals surface area contributed by atoms with Gasteiger partial charge in [-0.15, -0.1) is 0 Å². The summed E-state index contributed by atoms with van der Waals surface area (Å²) in [7, 11) is 0. The van der Waals surface area contributed by atoms with E-state index >= 15 is 0 Å². The van der Waals surface area contributed by atoms with Crippen molar-refractivity contribution in [2.75, 3.05) is 18.9 Å². The van der Waals surface area contributed by atoms with Crippen LogP contribution in [0.5, 0.6) is 5.75 Å². The van der Waals surface area contributed by atoms with E-state index in [-0.39, 0.29) is 11.9 Å². The van der Waals surface area contributed by atoms with Crippen molar-refractivity contribution in [1.29, 1.82) is 0 Å². The normalized spacial score (nSPS) is 20.7. The minimum atomic E-state index is 0.0952. The zero-order chi connectivity index (χ0) is 13.8. The van der Waals surface area contributed by atoms with E-state index in [1.54, 1.807) is 0 Å².